The fraction of sp³-hybridized carbons (Fsp3) is 0.0435. The van der Waals surface area contributed by atoms with Crippen molar-refractivity contribution in [2.24, 2.45) is 4.99 Å². The zero-order valence-corrected chi connectivity index (χ0v) is 17.8. The fourth-order valence-corrected chi connectivity index (χ4v) is 3.63. The molecule has 3 aromatic carbocycles. The van der Waals surface area contributed by atoms with Crippen molar-refractivity contribution in [1.82, 2.24) is 0 Å². The summed E-state index contributed by atoms with van der Waals surface area (Å²) < 4.78 is 0. The molecule has 0 radical (unpaired) electrons. The van der Waals surface area contributed by atoms with Gasteiger partial charge in [0, 0.05) is 27.7 Å². The number of carbonyl (C=O) groups is 1. The largest absolute Gasteiger partial charge is 0.282 e. The van der Waals surface area contributed by atoms with Crippen molar-refractivity contribution in [3.63, 3.8) is 0 Å². The van der Waals surface area contributed by atoms with Gasteiger partial charge in [0.1, 0.15) is 11.5 Å². The molecule has 0 unspecified atom stereocenters. The molecular weight excluding hydrogens is 437 g/mol. The van der Waals surface area contributed by atoms with Crippen LogP contribution in [-0.2, 0) is 4.79 Å². The molecule has 8 heteroatoms. The van der Waals surface area contributed by atoms with E-state index < -0.39 is 4.92 Å². The average Bonchev–Trinajstić information content (AvgIpc) is 3.06. The van der Waals surface area contributed by atoms with Gasteiger partial charge >= 0.3 is 0 Å². The average molecular weight is 452 g/mol. The standard InChI is InChI=1S/C23H15Cl2N3O3/c1-14-8-9-18(25)13-21(14)27-22(16-5-3-6-17(24)12-16)26-20(23(27)29)11-15-4-2-7-19(10-15)28(30)31/h2-13H,1H3. The van der Waals surface area contributed by atoms with Gasteiger partial charge in [0.15, 0.2) is 0 Å². The number of halogens is 2. The van der Waals surface area contributed by atoms with E-state index in [1.807, 2.05) is 13.0 Å². The molecule has 0 saturated heterocycles. The first-order valence-corrected chi connectivity index (χ1v) is 10.0. The second-order valence-electron chi connectivity index (χ2n) is 6.90. The third-order valence-corrected chi connectivity index (χ3v) is 5.21. The molecule has 1 amide bonds. The topological polar surface area (TPSA) is 75.8 Å². The Labute approximate surface area is 188 Å². The van der Waals surface area contributed by atoms with Crippen molar-refractivity contribution < 1.29 is 9.72 Å². The van der Waals surface area contributed by atoms with E-state index in [-0.39, 0.29) is 17.3 Å². The molecular formula is C23H15Cl2N3O3. The smallest absolute Gasteiger partial charge is 0.266 e. The van der Waals surface area contributed by atoms with Crippen LogP contribution in [0.3, 0.4) is 0 Å². The highest BCUT2D eigenvalue weighted by molar-refractivity contribution is 6.36. The summed E-state index contributed by atoms with van der Waals surface area (Å²) in [6.07, 6.45) is 1.53. The molecule has 154 valence electrons. The van der Waals surface area contributed by atoms with Crippen LogP contribution in [-0.4, -0.2) is 16.7 Å². The number of anilines is 1. The number of nitro benzene ring substituents is 1. The van der Waals surface area contributed by atoms with Crippen LogP contribution in [0.5, 0.6) is 0 Å². The Morgan fingerprint density at radius 1 is 1.00 bits per heavy atom. The van der Waals surface area contributed by atoms with E-state index in [1.54, 1.807) is 48.5 Å². The number of nitro groups is 1. The van der Waals surface area contributed by atoms with Crippen molar-refractivity contribution in [3.05, 3.63) is 109 Å². The van der Waals surface area contributed by atoms with Crippen LogP contribution < -0.4 is 4.90 Å². The predicted octanol–water partition coefficient (Wildman–Crippen LogP) is 6.04. The molecule has 0 bridgehead atoms. The second-order valence-corrected chi connectivity index (χ2v) is 7.77. The Kier molecular flexibility index (Phi) is 5.59. The van der Waals surface area contributed by atoms with Crippen LogP contribution in [0.1, 0.15) is 16.7 Å². The Hall–Kier alpha value is -3.48. The van der Waals surface area contributed by atoms with Gasteiger partial charge in [-0.1, -0.05) is 53.5 Å². The van der Waals surface area contributed by atoms with E-state index >= 15 is 0 Å². The minimum Gasteiger partial charge on any atom is -0.266 e. The number of amidine groups is 1. The van der Waals surface area contributed by atoms with E-state index in [0.717, 1.165) is 5.56 Å². The van der Waals surface area contributed by atoms with E-state index in [1.165, 1.54) is 23.1 Å². The highest BCUT2D eigenvalue weighted by atomic mass is 35.5. The summed E-state index contributed by atoms with van der Waals surface area (Å²) in [5, 5.41) is 12.1. The minimum atomic E-state index is -0.485. The third kappa shape index (κ3) is 4.21. The Bertz CT molecular complexity index is 1280. The monoisotopic (exact) mass is 451 g/mol. The van der Waals surface area contributed by atoms with Gasteiger partial charge in [-0.05, 0) is 48.4 Å². The van der Waals surface area contributed by atoms with Crippen molar-refractivity contribution in [3.8, 4) is 0 Å². The van der Waals surface area contributed by atoms with Crippen molar-refractivity contribution in [1.29, 1.82) is 0 Å². The van der Waals surface area contributed by atoms with Gasteiger partial charge in [0.2, 0.25) is 0 Å². The number of benzene rings is 3. The first-order valence-electron chi connectivity index (χ1n) is 9.25. The number of amides is 1. The van der Waals surface area contributed by atoms with Crippen molar-refractivity contribution in [2.75, 3.05) is 4.90 Å². The molecule has 31 heavy (non-hydrogen) atoms. The minimum absolute atomic E-state index is 0.0682. The van der Waals surface area contributed by atoms with Gasteiger partial charge in [-0.25, -0.2) is 4.99 Å². The van der Waals surface area contributed by atoms with Gasteiger partial charge in [-0.3, -0.25) is 19.8 Å². The Balaban J connectivity index is 1.87. The zero-order chi connectivity index (χ0) is 22.1. The molecule has 1 aliphatic heterocycles. The van der Waals surface area contributed by atoms with Gasteiger partial charge in [0.25, 0.3) is 11.6 Å². The fourth-order valence-electron chi connectivity index (χ4n) is 3.27. The maximum Gasteiger partial charge on any atom is 0.282 e. The molecule has 0 fully saturated rings. The summed E-state index contributed by atoms with van der Waals surface area (Å²) in [4.78, 5) is 30.0. The molecule has 3 aromatic rings. The van der Waals surface area contributed by atoms with E-state index in [2.05, 4.69) is 4.99 Å². The van der Waals surface area contributed by atoms with Crippen LogP contribution in [0.15, 0.2) is 77.4 Å². The molecule has 4 rings (SSSR count). The zero-order valence-electron chi connectivity index (χ0n) is 16.3. The van der Waals surface area contributed by atoms with Crippen LogP contribution >= 0.6 is 23.2 Å². The van der Waals surface area contributed by atoms with Crippen molar-refractivity contribution >= 4 is 52.4 Å². The lowest BCUT2D eigenvalue weighted by Gasteiger charge is -2.21. The summed E-state index contributed by atoms with van der Waals surface area (Å²) in [5.41, 5.74) is 2.66. The normalized spacial score (nSPS) is 14.8. The van der Waals surface area contributed by atoms with Crippen LogP contribution in [0.2, 0.25) is 10.0 Å². The number of aryl methyl sites for hydroxylation is 1. The highest BCUT2D eigenvalue weighted by Gasteiger charge is 2.33. The molecule has 1 aliphatic rings. The van der Waals surface area contributed by atoms with Crippen LogP contribution in [0.25, 0.3) is 6.08 Å². The molecule has 0 saturated carbocycles. The van der Waals surface area contributed by atoms with Crippen molar-refractivity contribution in [2.45, 2.75) is 6.92 Å². The Morgan fingerprint density at radius 3 is 2.48 bits per heavy atom. The second kappa shape index (κ2) is 8.34. The lowest BCUT2D eigenvalue weighted by molar-refractivity contribution is -0.384. The summed E-state index contributed by atoms with van der Waals surface area (Å²) in [7, 11) is 0. The molecule has 0 aliphatic carbocycles. The quantitative estimate of drug-likeness (QED) is 0.275. The maximum atomic E-state index is 13.4. The molecule has 0 aromatic heterocycles. The van der Waals surface area contributed by atoms with E-state index in [9.17, 15) is 14.9 Å². The SMILES string of the molecule is Cc1ccc(Cl)cc1N1C(=O)C(=Cc2cccc([N+](=O)[O-])c2)N=C1c1cccc(Cl)c1. The van der Waals surface area contributed by atoms with Crippen LogP contribution in [0, 0.1) is 17.0 Å². The van der Waals surface area contributed by atoms with Gasteiger partial charge < -0.3 is 0 Å². The maximum absolute atomic E-state index is 13.4. The van der Waals surface area contributed by atoms with Crippen LogP contribution in [0.4, 0.5) is 11.4 Å². The molecule has 0 spiro atoms. The summed E-state index contributed by atoms with van der Waals surface area (Å²) in [6, 6.07) is 18.3. The lowest BCUT2D eigenvalue weighted by atomic mass is 10.1. The summed E-state index contributed by atoms with van der Waals surface area (Å²) in [5.74, 6) is 0.0291. The van der Waals surface area contributed by atoms with Gasteiger partial charge in [-0.15, -0.1) is 0 Å². The molecule has 0 atom stereocenters. The number of aliphatic imine (C=N–C) groups is 1. The first kappa shape index (κ1) is 20.8. The first-order chi connectivity index (χ1) is 14.8. The number of hydrogen-bond donors (Lipinski definition) is 0. The molecule has 6 nitrogen and oxygen atoms in total. The summed E-state index contributed by atoms with van der Waals surface area (Å²) in [6.45, 7) is 1.87. The number of rotatable bonds is 4. The van der Waals surface area contributed by atoms with E-state index in [4.69, 9.17) is 23.2 Å². The third-order valence-electron chi connectivity index (χ3n) is 4.74. The number of hydrogen-bond acceptors (Lipinski definition) is 4. The summed E-state index contributed by atoms with van der Waals surface area (Å²) >= 11 is 12.4. The number of non-ortho nitro benzene ring substituents is 1. The highest BCUT2D eigenvalue weighted by Crippen LogP contribution is 2.32. The molecule has 1 heterocycles. The Morgan fingerprint density at radius 2 is 1.74 bits per heavy atom. The van der Waals surface area contributed by atoms with Gasteiger partial charge in [-0.2, -0.15) is 0 Å². The predicted molar refractivity (Wildman–Crippen MR) is 123 cm³/mol. The number of nitrogens with zero attached hydrogens (tertiary/aromatic N) is 3. The lowest BCUT2D eigenvalue weighted by Crippen LogP contribution is -2.33. The van der Waals surface area contributed by atoms with E-state index in [0.29, 0.717) is 32.7 Å². The number of carbonyl (C=O) groups excluding carboxylic acids is 1. The molecule has 0 N–H and O–H groups in total. The van der Waals surface area contributed by atoms with Gasteiger partial charge in [0.05, 0.1) is 10.6 Å².